The summed E-state index contributed by atoms with van der Waals surface area (Å²) in [5.74, 6) is -0.258. The molecule has 0 saturated carbocycles. The summed E-state index contributed by atoms with van der Waals surface area (Å²) < 4.78 is 0. The van der Waals surface area contributed by atoms with Crippen LogP contribution in [0.3, 0.4) is 0 Å². The molecule has 2 saturated heterocycles. The number of aromatic nitrogens is 2. The molecule has 9 heteroatoms. The Morgan fingerprint density at radius 1 is 1.18 bits per heavy atom. The topological polar surface area (TPSA) is 110 Å². The normalized spacial score (nSPS) is 24.9. The van der Waals surface area contributed by atoms with Crippen molar-refractivity contribution in [2.75, 3.05) is 31.5 Å². The second-order valence-corrected chi connectivity index (χ2v) is 9.29. The molecule has 176 valence electrons. The van der Waals surface area contributed by atoms with Gasteiger partial charge in [-0.15, -0.1) is 0 Å². The summed E-state index contributed by atoms with van der Waals surface area (Å²) in [6, 6.07) is 9.78. The zero-order chi connectivity index (χ0) is 23.8. The Bertz CT molecular complexity index is 1030. The highest BCUT2D eigenvalue weighted by atomic mass is 16.2. The Balaban J connectivity index is 1.58. The van der Waals surface area contributed by atoms with Crippen molar-refractivity contribution in [3.63, 3.8) is 0 Å². The van der Waals surface area contributed by atoms with Crippen molar-refractivity contribution in [2.24, 2.45) is 5.92 Å². The van der Waals surface area contributed by atoms with Gasteiger partial charge in [0.2, 0.25) is 17.7 Å². The second-order valence-electron chi connectivity index (χ2n) is 9.29. The van der Waals surface area contributed by atoms with Crippen LogP contribution in [-0.4, -0.2) is 69.4 Å². The Hall–Kier alpha value is -3.20. The highest BCUT2D eigenvalue weighted by molar-refractivity contribution is 5.93. The number of likely N-dealkylation sites (tertiary alicyclic amines) is 2. The summed E-state index contributed by atoms with van der Waals surface area (Å²) in [7, 11) is 0. The standard InChI is InChI=1S/C24H32N6O3/c1-15-22(16(2)28-27-15)25-21(33)13-29-11-10-24(26-17(3)31)14-30(18(4)32)23(20(24)12-29)19-8-6-5-7-9-19/h5-9,20,23H,10-14H2,1-4H3,(H,25,33)(H,26,31)(H,27,28)/t20-,23-,24-/m1/s1. The lowest BCUT2D eigenvalue weighted by Crippen LogP contribution is -2.61. The van der Waals surface area contributed by atoms with Crippen molar-refractivity contribution in [1.29, 1.82) is 0 Å². The molecule has 2 aliphatic heterocycles. The van der Waals surface area contributed by atoms with Crippen LogP contribution in [0, 0.1) is 19.8 Å². The fourth-order valence-corrected chi connectivity index (χ4v) is 5.48. The minimum absolute atomic E-state index is 0.0156. The zero-order valence-corrected chi connectivity index (χ0v) is 19.6. The molecule has 1 aromatic carbocycles. The van der Waals surface area contributed by atoms with E-state index in [1.807, 2.05) is 49.1 Å². The zero-order valence-electron chi connectivity index (χ0n) is 19.6. The van der Waals surface area contributed by atoms with Gasteiger partial charge < -0.3 is 15.5 Å². The molecule has 2 aliphatic rings. The van der Waals surface area contributed by atoms with E-state index in [1.165, 1.54) is 6.92 Å². The van der Waals surface area contributed by atoms with Gasteiger partial charge in [0.15, 0.2) is 0 Å². The first-order valence-electron chi connectivity index (χ1n) is 11.3. The van der Waals surface area contributed by atoms with Gasteiger partial charge >= 0.3 is 0 Å². The third-order valence-corrected chi connectivity index (χ3v) is 6.94. The van der Waals surface area contributed by atoms with Crippen LogP contribution in [0.4, 0.5) is 5.69 Å². The van der Waals surface area contributed by atoms with Gasteiger partial charge in [-0.3, -0.25) is 24.4 Å². The molecule has 1 aromatic heterocycles. The second kappa shape index (κ2) is 8.97. The van der Waals surface area contributed by atoms with Gasteiger partial charge in [0, 0.05) is 39.4 Å². The van der Waals surface area contributed by atoms with Crippen LogP contribution in [0.2, 0.25) is 0 Å². The number of carbonyl (C=O) groups excluding carboxylic acids is 3. The van der Waals surface area contributed by atoms with E-state index in [4.69, 9.17) is 0 Å². The number of amides is 3. The van der Waals surface area contributed by atoms with Crippen LogP contribution in [0.15, 0.2) is 30.3 Å². The van der Waals surface area contributed by atoms with E-state index in [-0.39, 0.29) is 36.2 Å². The van der Waals surface area contributed by atoms with Gasteiger partial charge in [0.05, 0.1) is 35.2 Å². The van der Waals surface area contributed by atoms with Crippen LogP contribution in [0.5, 0.6) is 0 Å². The maximum Gasteiger partial charge on any atom is 0.238 e. The van der Waals surface area contributed by atoms with E-state index in [1.54, 1.807) is 6.92 Å². The third kappa shape index (κ3) is 4.50. The number of piperidine rings is 1. The number of aromatic amines is 1. The Labute approximate surface area is 193 Å². The molecule has 2 fully saturated rings. The lowest BCUT2D eigenvalue weighted by molar-refractivity contribution is -0.130. The average Bonchev–Trinajstić information content (AvgIpc) is 3.26. The fraction of sp³-hybridized carbons (Fsp3) is 0.500. The van der Waals surface area contributed by atoms with E-state index in [9.17, 15) is 14.4 Å². The quantitative estimate of drug-likeness (QED) is 0.640. The minimum Gasteiger partial charge on any atom is -0.349 e. The van der Waals surface area contributed by atoms with Crippen LogP contribution in [-0.2, 0) is 14.4 Å². The van der Waals surface area contributed by atoms with E-state index in [0.29, 0.717) is 26.1 Å². The van der Waals surface area contributed by atoms with Crippen molar-refractivity contribution >= 4 is 23.4 Å². The lowest BCUT2D eigenvalue weighted by Gasteiger charge is -2.44. The van der Waals surface area contributed by atoms with Crippen LogP contribution in [0.25, 0.3) is 0 Å². The number of aryl methyl sites for hydroxylation is 2. The summed E-state index contributed by atoms with van der Waals surface area (Å²) in [5, 5.41) is 13.2. The Morgan fingerprint density at radius 2 is 1.91 bits per heavy atom. The van der Waals surface area contributed by atoms with Gasteiger partial charge in [-0.2, -0.15) is 5.10 Å². The molecule has 2 aromatic rings. The molecule has 0 bridgehead atoms. The van der Waals surface area contributed by atoms with Crippen LogP contribution in [0.1, 0.15) is 43.3 Å². The van der Waals surface area contributed by atoms with Crippen molar-refractivity contribution in [2.45, 2.75) is 45.7 Å². The van der Waals surface area contributed by atoms with Crippen molar-refractivity contribution in [3.8, 4) is 0 Å². The number of hydrogen-bond donors (Lipinski definition) is 3. The van der Waals surface area contributed by atoms with E-state index in [0.717, 1.165) is 22.6 Å². The molecular weight excluding hydrogens is 420 g/mol. The number of nitrogens with one attached hydrogen (secondary N) is 3. The van der Waals surface area contributed by atoms with E-state index < -0.39 is 5.54 Å². The summed E-state index contributed by atoms with van der Waals surface area (Å²) in [6.45, 7) is 8.78. The summed E-state index contributed by atoms with van der Waals surface area (Å²) in [4.78, 5) is 41.6. The average molecular weight is 453 g/mol. The number of hydrogen-bond acceptors (Lipinski definition) is 5. The third-order valence-electron chi connectivity index (χ3n) is 6.94. The molecule has 0 unspecified atom stereocenters. The molecule has 9 nitrogen and oxygen atoms in total. The largest absolute Gasteiger partial charge is 0.349 e. The van der Waals surface area contributed by atoms with E-state index in [2.05, 4.69) is 25.7 Å². The maximum atomic E-state index is 12.8. The first kappa shape index (κ1) is 23.0. The Kier molecular flexibility index (Phi) is 6.25. The highest BCUT2D eigenvalue weighted by Crippen LogP contribution is 2.47. The maximum absolute atomic E-state index is 12.8. The SMILES string of the molecule is CC(=O)N[C@@]12CCN(CC(=O)Nc3c(C)n[nH]c3C)C[C@@H]1[C@@H](c1ccccc1)N(C(C)=O)C2. The monoisotopic (exact) mass is 452 g/mol. The number of nitrogens with zero attached hydrogens (tertiary/aromatic N) is 3. The summed E-state index contributed by atoms with van der Waals surface area (Å²) in [5.41, 5.74) is 2.82. The summed E-state index contributed by atoms with van der Waals surface area (Å²) in [6.07, 6.45) is 0.668. The molecule has 3 atom stereocenters. The van der Waals surface area contributed by atoms with E-state index >= 15 is 0 Å². The molecule has 3 amide bonds. The van der Waals surface area contributed by atoms with Gasteiger partial charge in [-0.1, -0.05) is 30.3 Å². The Morgan fingerprint density at radius 3 is 2.52 bits per heavy atom. The number of fused-ring (bicyclic) bond motifs is 1. The smallest absolute Gasteiger partial charge is 0.238 e. The van der Waals surface area contributed by atoms with Crippen LogP contribution < -0.4 is 10.6 Å². The minimum atomic E-state index is -0.511. The predicted molar refractivity (Wildman–Crippen MR) is 124 cm³/mol. The van der Waals surface area contributed by atoms with Gasteiger partial charge in [-0.25, -0.2) is 0 Å². The first-order chi connectivity index (χ1) is 15.7. The molecule has 0 spiro atoms. The fourth-order valence-electron chi connectivity index (χ4n) is 5.48. The molecular formula is C24H32N6O3. The molecule has 3 N–H and O–H groups in total. The molecule has 4 rings (SSSR count). The van der Waals surface area contributed by atoms with Gasteiger partial charge in [-0.05, 0) is 25.8 Å². The molecule has 3 heterocycles. The number of anilines is 1. The van der Waals surface area contributed by atoms with Crippen LogP contribution >= 0.6 is 0 Å². The molecule has 33 heavy (non-hydrogen) atoms. The number of H-pyrrole nitrogens is 1. The van der Waals surface area contributed by atoms with Crippen molar-refractivity contribution in [1.82, 2.24) is 25.3 Å². The van der Waals surface area contributed by atoms with Gasteiger partial charge in [0.25, 0.3) is 0 Å². The summed E-state index contributed by atoms with van der Waals surface area (Å²) >= 11 is 0. The first-order valence-corrected chi connectivity index (χ1v) is 11.3. The number of carbonyl (C=O) groups is 3. The lowest BCUT2D eigenvalue weighted by atomic mass is 9.75. The predicted octanol–water partition coefficient (Wildman–Crippen LogP) is 1.77. The van der Waals surface area contributed by atoms with Gasteiger partial charge in [0.1, 0.15) is 0 Å². The van der Waals surface area contributed by atoms with Crippen molar-refractivity contribution < 1.29 is 14.4 Å². The molecule has 0 radical (unpaired) electrons. The van der Waals surface area contributed by atoms with Crippen molar-refractivity contribution in [3.05, 3.63) is 47.3 Å². The number of rotatable bonds is 5. The highest BCUT2D eigenvalue weighted by Gasteiger charge is 2.56. The molecule has 0 aliphatic carbocycles. The number of benzene rings is 1.